The first kappa shape index (κ1) is 10.2. The summed E-state index contributed by atoms with van der Waals surface area (Å²) in [5.74, 6) is -1.37. The van der Waals surface area contributed by atoms with Gasteiger partial charge < -0.3 is 14.4 Å². The molecule has 0 amide bonds. The first-order valence-corrected chi connectivity index (χ1v) is 3.96. The van der Waals surface area contributed by atoms with Crippen molar-refractivity contribution in [2.24, 2.45) is 0 Å². The predicted molar refractivity (Wildman–Crippen MR) is 45.8 cm³/mol. The van der Waals surface area contributed by atoms with Crippen molar-refractivity contribution >= 4 is 11.9 Å². The van der Waals surface area contributed by atoms with Crippen molar-refractivity contribution in [3.8, 4) is 0 Å². The highest BCUT2D eigenvalue weighted by molar-refractivity contribution is 5.85. The van der Waals surface area contributed by atoms with Crippen molar-refractivity contribution < 1.29 is 19.4 Å². The standard InChI is InChI=1S/C8H10N2O4/c1-14-8(13)7-9-3-5-10(7)4-2-6(11)12/h3,5H,2,4H2,1H3,(H,11,12). The van der Waals surface area contributed by atoms with Gasteiger partial charge in [0, 0.05) is 18.9 Å². The minimum absolute atomic E-state index is 0.0552. The van der Waals surface area contributed by atoms with Crippen LogP contribution in [0.5, 0.6) is 0 Å². The fourth-order valence-corrected chi connectivity index (χ4v) is 0.987. The van der Waals surface area contributed by atoms with Gasteiger partial charge in [-0.25, -0.2) is 9.78 Å². The number of aryl methyl sites for hydroxylation is 1. The highest BCUT2D eigenvalue weighted by atomic mass is 16.5. The van der Waals surface area contributed by atoms with Gasteiger partial charge in [-0.3, -0.25) is 4.79 Å². The molecular weight excluding hydrogens is 188 g/mol. The normalized spacial score (nSPS) is 9.79. The number of esters is 1. The SMILES string of the molecule is COC(=O)c1nccn1CCC(=O)O. The number of methoxy groups -OCH3 is 1. The molecule has 0 aliphatic rings. The van der Waals surface area contributed by atoms with Gasteiger partial charge in [0.25, 0.3) is 0 Å². The Morgan fingerprint density at radius 1 is 1.64 bits per heavy atom. The van der Waals surface area contributed by atoms with E-state index in [1.165, 1.54) is 24.1 Å². The quantitative estimate of drug-likeness (QED) is 0.696. The molecule has 1 aromatic heterocycles. The molecule has 0 aliphatic heterocycles. The van der Waals surface area contributed by atoms with Crippen molar-refractivity contribution in [3.05, 3.63) is 18.2 Å². The van der Waals surface area contributed by atoms with Gasteiger partial charge in [-0.1, -0.05) is 0 Å². The highest BCUT2D eigenvalue weighted by Crippen LogP contribution is 2.01. The summed E-state index contributed by atoms with van der Waals surface area (Å²) in [5, 5.41) is 8.45. The van der Waals surface area contributed by atoms with Crippen molar-refractivity contribution in [3.63, 3.8) is 0 Å². The Labute approximate surface area is 80.1 Å². The number of ether oxygens (including phenoxy) is 1. The molecule has 0 bridgehead atoms. The summed E-state index contributed by atoms with van der Waals surface area (Å²) in [7, 11) is 1.25. The van der Waals surface area contributed by atoms with Crippen LogP contribution in [0.2, 0.25) is 0 Å². The van der Waals surface area contributed by atoms with E-state index < -0.39 is 11.9 Å². The zero-order valence-electron chi connectivity index (χ0n) is 7.64. The van der Waals surface area contributed by atoms with Crippen LogP contribution in [0.15, 0.2) is 12.4 Å². The van der Waals surface area contributed by atoms with Crippen LogP contribution in [0, 0.1) is 0 Å². The Balaban J connectivity index is 2.72. The van der Waals surface area contributed by atoms with E-state index in [0.29, 0.717) is 0 Å². The lowest BCUT2D eigenvalue weighted by molar-refractivity contribution is -0.137. The third-order valence-electron chi connectivity index (χ3n) is 1.65. The molecular formula is C8H10N2O4. The van der Waals surface area contributed by atoms with Crippen LogP contribution in [0.1, 0.15) is 17.0 Å². The third-order valence-corrected chi connectivity index (χ3v) is 1.65. The number of aromatic nitrogens is 2. The van der Waals surface area contributed by atoms with E-state index in [9.17, 15) is 9.59 Å². The zero-order valence-corrected chi connectivity index (χ0v) is 7.64. The van der Waals surface area contributed by atoms with Crippen LogP contribution in [0.4, 0.5) is 0 Å². The van der Waals surface area contributed by atoms with E-state index in [1.807, 2.05) is 0 Å². The number of imidazole rings is 1. The molecule has 1 heterocycles. The second-order valence-corrected chi connectivity index (χ2v) is 2.58. The summed E-state index contributed by atoms with van der Waals surface area (Å²) in [5.41, 5.74) is 0. The van der Waals surface area contributed by atoms with Crippen molar-refractivity contribution in [1.29, 1.82) is 0 Å². The molecule has 0 saturated carbocycles. The molecule has 76 valence electrons. The molecule has 0 aromatic carbocycles. The highest BCUT2D eigenvalue weighted by Gasteiger charge is 2.12. The monoisotopic (exact) mass is 198 g/mol. The van der Waals surface area contributed by atoms with Gasteiger partial charge in [-0.2, -0.15) is 0 Å². The summed E-state index contributed by atoms with van der Waals surface area (Å²) < 4.78 is 5.92. The van der Waals surface area contributed by atoms with Gasteiger partial charge in [0.15, 0.2) is 0 Å². The summed E-state index contributed by atoms with van der Waals surface area (Å²) in [6, 6.07) is 0. The summed E-state index contributed by atoms with van der Waals surface area (Å²) in [6.07, 6.45) is 2.91. The van der Waals surface area contributed by atoms with E-state index in [-0.39, 0.29) is 18.8 Å². The lowest BCUT2D eigenvalue weighted by Gasteiger charge is -2.03. The first-order valence-electron chi connectivity index (χ1n) is 3.96. The van der Waals surface area contributed by atoms with Crippen LogP contribution in [-0.2, 0) is 16.1 Å². The number of carboxylic acids is 1. The third kappa shape index (κ3) is 2.32. The first-order chi connectivity index (χ1) is 6.65. The number of nitrogens with zero attached hydrogens (tertiary/aromatic N) is 2. The number of rotatable bonds is 4. The van der Waals surface area contributed by atoms with Crippen LogP contribution < -0.4 is 0 Å². The van der Waals surface area contributed by atoms with E-state index in [2.05, 4.69) is 9.72 Å². The molecule has 0 aliphatic carbocycles. The molecule has 0 saturated heterocycles. The number of aliphatic carboxylic acids is 1. The molecule has 1 rings (SSSR count). The second-order valence-electron chi connectivity index (χ2n) is 2.58. The Morgan fingerprint density at radius 3 is 2.93 bits per heavy atom. The van der Waals surface area contributed by atoms with Crippen molar-refractivity contribution in [2.45, 2.75) is 13.0 Å². The van der Waals surface area contributed by atoms with Gasteiger partial charge in [0.05, 0.1) is 13.5 Å². The van der Waals surface area contributed by atoms with E-state index in [4.69, 9.17) is 5.11 Å². The molecule has 0 unspecified atom stereocenters. The molecule has 14 heavy (non-hydrogen) atoms. The predicted octanol–water partition coefficient (Wildman–Crippen LogP) is 0.144. The molecule has 0 atom stereocenters. The molecule has 1 N–H and O–H groups in total. The maximum absolute atomic E-state index is 11.1. The Kier molecular flexibility index (Phi) is 3.22. The van der Waals surface area contributed by atoms with Gasteiger partial charge in [0.2, 0.25) is 5.82 Å². The summed E-state index contributed by atoms with van der Waals surface area (Å²) in [6.45, 7) is 0.208. The topological polar surface area (TPSA) is 81.4 Å². The van der Waals surface area contributed by atoms with Crippen LogP contribution in [0.3, 0.4) is 0 Å². The second kappa shape index (κ2) is 4.40. The summed E-state index contributed by atoms with van der Waals surface area (Å²) in [4.78, 5) is 25.1. The Morgan fingerprint density at radius 2 is 2.36 bits per heavy atom. The largest absolute Gasteiger partial charge is 0.481 e. The molecule has 0 radical (unpaired) electrons. The van der Waals surface area contributed by atoms with Gasteiger partial charge in [0.1, 0.15) is 0 Å². The minimum Gasteiger partial charge on any atom is -0.481 e. The Bertz CT molecular complexity index is 345. The van der Waals surface area contributed by atoms with Crippen molar-refractivity contribution in [2.75, 3.05) is 7.11 Å². The Hall–Kier alpha value is -1.85. The average molecular weight is 198 g/mol. The fourth-order valence-electron chi connectivity index (χ4n) is 0.987. The van der Waals surface area contributed by atoms with Crippen LogP contribution in [-0.4, -0.2) is 33.7 Å². The van der Waals surface area contributed by atoms with Gasteiger partial charge in [-0.15, -0.1) is 0 Å². The molecule has 0 fully saturated rings. The lowest BCUT2D eigenvalue weighted by Crippen LogP contribution is -2.13. The molecule has 6 nitrogen and oxygen atoms in total. The van der Waals surface area contributed by atoms with Crippen LogP contribution in [0.25, 0.3) is 0 Å². The lowest BCUT2D eigenvalue weighted by atomic mass is 10.4. The fraction of sp³-hybridized carbons (Fsp3) is 0.375. The van der Waals surface area contributed by atoms with E-state index >= 15 is 0 Å². The molecule has 0 spiro atoms. The number of carboxylic acid groups (broad SMARTS) is 1. The smallest absolute Gasteiger partial charge is 0.374 e. The molecule has 6 heteroatoms. The minimum atomic E-state index is -0.922. The number of carbonyl (C=O) groups is 2. The zero-order chi connectivity index (χ0) is 10.6. The summed E-state index contributed by atoms with van der Waals surface area (Å²) >= 11 is 0. The van der Waals surface area contributed by atoms with Gasteiger partial charge >= 0.3 is 11.9 Å². The maximum atomic E-state index is 11.1. The number of carbonyl (C=O) groups excluding carboxylic acids is 1. The average Bonchev–Trinajstić information content (AvgIpc) is 2.61. The number of hydrogen-bond acceptors (Lipinski definition) is 4. The molecule has 1 aromatic rings. The van der Waals surface area contributed by atoms with E-state index in [1.54, 1.807) is 0 Å². The maximum Gasteiger partial charge on any atom is 0.374 e. The van der Waals surface area contributed by atoms with Gasteiger partial charge in [-0.05, 0) is 0 Å². The van der Waals surface area contributed by atoms with Crippen LogP contribution >= 0.6 is 0 Å². The van der Waals surface area contributed by atoms with Crippen molar-refractivity contribution in [1.82, 2.24) is 9.55 Å². The number of hydrogen-bond donors (Lipinski definition) is 1. The van der Waals surface area contributed by atoms with E-state index in [0.717, 1.165) is 0 Å².